The number of nitrogens with zero attached hydrogens (tertiary/aromatic N) is 4. The molecule has 0 spiro atoms. The molecule has 0 radical (unpaired) electrons. The Labute approximate surface area is 193 Å². The van der Waals surface area contributed by atoms with Crippen LogP contribution in [-0.4, -0.2) is 45.7 Å². The molecule has 4 N–H and O–H groups in total. The second-order valence-electron chi connectivity index (χ2n) is 7.64. The van der Waals surface area contributed by atoms with E-state index in [2.05, 4.69) is 31.1 Å². The number of aromatic nitrogens is 3. The highest BCUT2D eigenvalue weighted by Crippen LogP contribution is 2.30. The molecule has 32 heavy (non-hydrogen) atoms. The summed E-state index contributed by atoms with van der Waals surface area (Å²) >= 11 is 7.39. The van der Waals surface area contributed by atoms with Crippen molar-refractivity contribution in [3.63, 3.8) is 0 Å². The van der Waals surface area contributed by atoms with Gasteiger partial charge in [0.25, 0.3) is 0 Å². The van der Waals surface area contributed by atoms with E-state index < -0.39 is 23.7 Å². The van der Waals surface area contributed by atoms with Crippen LogP contribution in [-0.2, 0) is 11.3 Å². The predicted octanol–water partition coefficient (Wildman–Crippen LogP) is 3.27. The van der Waals surface area contributed by atoms with Crippen LogP contribution in [0.4, 0.5) is 20.8 Å². The Bertz CT molecular complexity index is 928. The lowest BCUT2D eigenvalue weighted by Gasteiger charge is -2.21. The molecule has 0 aromatic carbocycles. The fraction of sp³-hybridized carbons (Fsp3) is 0.526. The number of hydrogen-bond acceptors (Lipinski definition) is 8. The van der Waals surface area contributed by atoms with E-state index in [1.165, 1.54) is 16.2 Å². The minimum Gasteiger partial charge on any atom is -0.465 e. The van der Waals surface area contributed by atoms with Crippen molar-refractivity contribution in [1.29, 1.82) is 0 Å². The largest absolute Gasteiger partial charge is 0.465 e. The zero-order chi connectivity index (χ0) is 23.1. The highest BCUT2D eigenvalue weighted by Gasteiger charge is 2.26. The summed E-state index contributed by atoms with van der Waals surface area (Å²) in [5.41, 5.74) is 4.91. The van der Waals surface area contributed by atoms with Gasteiger partial charge in [0.2, 0.25) is 17.0 Å². The fourth-order valence-corrected chi connectivity index (χ4v) is 4.55. The van der Waals surface area contributed by atoms with E-state index in [-0.39, 0.29) is 23.5 Å². The molecule has 3 rings (SSSR count). The maximum absolute atomic E-state index is 15.0. The number of hydrogen-bond donors (Lipinski definition) is 4. The lowest BCUT2D eigenvalue weighted by Crippen LogP contribution is -2.42. The maximum Gasteiger partial charge on any atom is 0.404 e. The normalized spacial score (nSPS) is 14.7. The quantitative estimate of drug-likeness (QED) is 0.298. The molecule has 174 valence electrons. The highest BCUT2D eigenvalue weighted by molar-refractivity contribution is 7.09. The van der Waals surface area contributed by atoms with Crippen molar-refractivity contribution in [2.75, 3.05) is 23.9 Å². The van der Waals surface area contributed by atoms with Gasteiger partial charge in [-0.3, -0.25) is 15.6 Å². The van der Waals surface area contributed by atoms with Crippen molar-refractivity contribution < 1.29 is 19.1 Å². The van der Waals surface area contributed by atoms with Crippen LogP contribution < -0.4 is 21.1 Å². The molecule has 1 aliphatic rings. The SMILES string of the molecule is CN(Cc1nccs1)c1nc(Cl)nc(NNC(=O)[C@@H](CNC(=O)O)CC2CCCC2)c1F. The molecule has 0 unspecified atom stereocenters. The van der Waals surface area contributed by atoms with E-state index in [9.17, 15) is 9.59 Å². The van der Waals surface area contributed by atoms with Gasteiger partial charge in [0.1, 0.15) is 5.01 Å². The van der Waals surface area contributed by atoms with Gasteiger partial charge in [0, 0.05) is 25.2 Å². The number of anilines is 2. The Hall–Kier alpha value is -2.73. The van der Waals surface area contributed by atoms with E-state index in [1.54, 1.807) is 13.2 Å². The van der Waals surface area contributed by atoms with Gasteiger partial charge in [-0.15, -0.1) is 11.3 Å². The molecule has 2 aromatic rings. The van der Waals surface area contributed by atoms with Crippen LogP contribution in [0.25, 0.3) is 0 Å². The number of nitrogens with one attached hydrogen (secondary N) is 3. The number of halogens is 2. The molecule has 2 amide bonds. The van der Waals surface area contributed by atoms with Gasteiger partial charge in [-0.25, -0.2) is 9.78 Å². The van der Waals surface area contributed by atoms with Crippen molar-refractivity contribution in [2.45, 2.75) is 38.6 Å². The summed E-state index contributed by atoms with van der Waals surface area (Å²) in [6.45, 7) is 0.284. The van der Waals surface area contributed by atoms with Gasteiger partial charge < -0.3 is 15.3 Å². The Balaban J connectivity index is 1.67. The van der Waals surface area contributed by atoms with Gasteiger partial charge in [0.15, 0.2) is 11.6 Å². The van der Waals surface area contributed by atoms with Crippen molar-refractivity contribution in [1.82, 2.24) is 25.7 Å². The van der Waals surface area contributed by atoms with Crippen LogP contribution in [0, 0.1) is 17.7 Å². The average Bonchev–Trinajstić information content (AvgIpc) is 3.45. The monoisotopic (exact) mass is 485 g/mol. The number of carboxylic acid groups (broad SMARTS) is 1. The molecule has 0 aliphatic heterocycles. The van der Waals surface area contributed by atoms with E-state index >= 15 is 4.39 Å². The first-order valence-corrected chi connectivity index (χ1v) is 11.4. The topological polar surface area (TPSA) is 132 Å². The van der Waals surface area contributed by atoms with Gasteiger partial charge in [0.05, 0.1) is 12.5 Å². The summed E-state index contributed by atoms with van der Waals surface area (Å²) in [7, 11) is 1.64. The van der Waals surface area contributed by atoms with E-state index in [0.29, 0.717) is 18.9 Å². The summed E-state index contributed by atoms with van der Waals surface area (Å²) in [6, 6.07) is 0. The van der Waals surface area contributed by atoms with Crippen LogP contribution >= 0.6 is 22.9 Å². The third-order valence-electron chi connectivity index (χ3n) is 5.29. The van der Waals surface area contributed by atoms with Crippen molar-refractivity contribution in [2.24, 2.45) is 11.8 Å². The first-order valence-electron chi connectivity index (χ1n) is 10.2. The lowest BCUT2D eigenvalue weighted by molar-refractivity contribution is -0.124. The molecule has 1 aliphatic carbocycles. The Morgan fingerprint density at radius 2 is 2.12 bits per heavy atom. The van der Waals surface area contributed by atoms with Crippen molar-refractivity contribution >= 4 is 46.6 Å². The Morgan fingerprint density at radius 3 is 2.78 bits per heavy atom. The first-order chi connectivity index (χ1) is 15.3. The molecule has 1 saturated carbocycles. The molecule has 1 fully saturated rings. The van der Waals surface area contributed by atoms with Gasteiger partial charge in [-0.2, -0.15) is 14.4 Å². The summed E-state index contributed by atoms with van der Waals surface area (Å²) < 4.78 is 15.0. The molecule has 13 heteroatoms. The smallest absolute Gasteiger partial charge is 0.404 e. The standard InChI is InChI=1S/C19H25ClFN7O3S/c1-28(10-13-22-6-7-32-13)16-14(21)15(24-18(20)25-16)26-27-17(29)12(9-23-19(30)31)8-11-4-2-3-5-11/h6-7,11-12,23H,2-5,8-10H2,1H3,(H,27,29)(H,30,31)(H,24,25,26)/t12-/m1/s1. The summed E-state index contributed by atoms with van der Waals surface area (Å²) in [5.74, 6) is -1.83. The van der Waals surface area contributed by atoms with Gasteiger partial charge >= 0.3 is 6.09 Å². The van der Waals surface area contributed by atoms with Crippen LogP contribution in [0.3, 0.4) is 0 Å². The van der Waals surface area contributed by atoms with Gasteiger partial charge in [-0.1, -0.05) is 25.7 Å². The number of thiazole rings is 1. The Morgan fingerprint density at radius 1 is 1.38 bits per heavy atom. The molecule has 0 saturated heterocycles. The van der Waals surface area contributed by atoms with Crippen molar-refractivity contribution in [3.8, 4) is 0 Å². The lowest BCUT2D eigenvalue weighted by atomic mass is 9.92. The molecule has 10 nitrogen and oxygen atoms in total. The van der Waals surface area contributed by atoms with Crippen molar-refractivity contribution in [3.05, 3.63) is 27.7 Å². The number of amides is 2. The predicted molar refractivity (Wildman–Crippen MR) is 119 cm³/mol. The molecular formula is C19H25ClFN7O3S. The second-order valence-corrected chi connectivity index (χ2v) is 8.96. The highest BCUT2D eigenvalue weighted by atomic mass is 35.5. The third-order valence-corrected chi connectivity index (χ3v) is 6.22. The summed E-state index contributed by atoms with van der Waals surface area (Å²) in [4.78, 5) is 37.1. The minimum atomic E-state index is -1.20. The number of rotatable bonds is 10. The second kappa shape index (κ2) is 11.2. The maximum atomic E-state index is 15.0. The molecule has 1 atom stereocenters. The molecule has 2 heterocycles. The van der Waals surface area contributed by atoms with Crippen LogP contribution in [0.5, 0.6) is 0 Å². The van der Waals surface area contributed by atoms with E-state index in [1.807, 2.05) is 5.38 Å². The molecular weight excluding hydrogens is 461 g/mol. The van der Waals surface area contributed by atoms with Crippen LogP contribution in [0.2, 0.25) is 5.28 Å². The van der Waals surface area contributed by atoms with Gasteiger partial charge in [-0.05, 0) is 23.9 Å². The third kappa shape index (κ3) is 6.63. The Kier molecular flexibility index (Phi) is 8.39. The summed E-state index contributed by atoms with van der Waals surface area (Å²) in [6.07, 6.45) is 5.22. The van der Waals surface area contributed by atoms with Crippen LogP contribution in [0.15, 0.2) is 11.6 Å². The number of carbonyl (C=O) groups excluding carboxylic acids is 1. The number of carbonyl (C=O) groups is 2. The zero-order valence-corrected chi connectivity index (χ0v) is 19.0. The minimum absolute atomic E-state index is 0.0336. The molecule has 0 bridgehead atoms. The fourth-order valence-electron chi connectivity index (χ4n) is 3.72. The molecule has 2 aromatic heterocycles. The average molecular weight is 486 g/mol. The van der Waals surface area contributed by atoms with E-state index in [4.69, 9.17) is 16.7 Å². The zero-order valence-electron chi connectivity index (χ0n) is 17.5. The first kappa shape index (κ1) is 23.9. The summed E-state index contributed by atoms with van der Waals surface area (Å²) in [5, 5.41) is 13.6. The number of hydrazine groups is 1. The van der Waals surface area contributed by atoms with Crippen LogP contribution in [0.1, 0.15) is 37.1 Å². The van der Waals surface area contributed by atoms with E-state index in [0.717, 1.165) is 30.7 Å².